The first-order chi connectivity index (χ1) is 14.8. The summed E-state index contributed by atoms with van der Waals surface area (Å²) in [7, 11) is 0. The van der Waals surface area contributed by atoms with Gasteiger partial charge in [-0.15, -0.1) is 0 Å². The largest absolute Gasteiger partial charge is 0.481 e. The fourth-order valence-corrected chi connectivity index (χ4v) is 3.16. The number of rotatable bonds is 12. The molecule has 1 heterocycles. The average Bonchev–Trinajstić information content (AvgIpc) is 3.18. The number of hydrogen-bond acceptors (Lipinski definition) is 8. The van der Waals surface area contributed by atoms with E-state index < -0.39 is 85.2 Å². The number of aliphatic hydroxyl groups is 1. The number of aliphatic hydroxyl groups excluding tert-OH is 1. The molecule has 1 aliphatic heterocycles. The first kappa shape index (κ1) is 26.8. The minimum atomic E-state index is -1.64. The van der Waals surface area contributed by atoms with Gasteiger partial charge in [-0.05, 0) is 26.2 Å². The highest BCUT2D eigenvalue weighted by atomic mass is 16.4. The van der Waals surface area contributed by atoms with E-state index in [0.717, 1.165) is 4.90 Å². The Kier molecular flexibility index (Phi) is 10.00. The van der Waals surface area contributed by atoms with E-state index in [4.69, 9.17) is 15.9 Å². The lowest BCUT2D eigenvalue weighted by atomic mass is 10.1. The maximum atomic E-state index is 12.8. The highest BCUT2D eigenvalue weighted by molar-refractivity contribution is 5.96. The summed E-state index contributed by atoms with van der Waals surface area (Å²) >= 11 is 0. The summed E-state index contributed by atoms with van der Waals surface area (Å²) in [6.07, 6.45) is -2.54. The van der Waals surface area contributed by atoms with Crippen molar-refractivity contribution >= 4 is 35.6 Å². The van der Waals surface area contributed by atoms with Gasteiger partial charge in [0.25, 0.3) is 0 Å². The molecule has 3 amide bonds. The molecule has 0 aliphatic carbocycles. The quantitative estimate of drug-likeness (QED) is 0.156. The molecule has 0 spiro atoms. The van der Waals surface area contributed by atoms with Gasteiger partial charge in [-0.1, -0.05) is 0 Å². The third-order valence-corrected chi connectivity index (χ3v) is 4.92. The molecule has 0 saturated carbocycles. The Morgan fingerprint density at radius 3 is 2.09 bits per heavy atom. The molecule has 1 fully saturated rings. The molecule has 32 heavy (non-hydrogen) atoms. The molecule has 5 atom stereocenters. The van der Waals surface area contributed by atoms with Gasteiger partial charge < -0.3 is 41.7 Å². The normalized spacial score (nSPS) is 19.3. The molecule has 0 bridgehead atoms. The molecular formula is C18H28N4O10. The van der Waals surface area contributed by atoms with E-state index in [2.05, 4.69) is 10.6 Å². The molecule has 0 aromatic rings. The number of carbonyl (C=O) groups is 6. The van der Waals surface area contributed by atoms with Gasteiger partial charge in [0.1, 0.15) is 24.2 Å². The Balaban J connectivity index is 3.04. The second-order valence-corrected chi connectivity index (χ2v) is 7.45. The maximum Gasteiger partial charge on any atom is 0.326 e. The van der Waals surface area contributed by atoms with Gasteiger partial charge in [0.05, 0.1) is 12.5 Å². The lowest BCUT2D eigenvalue weighted by Crippen LogP contribution is -2.58. The first-order valence-electron chi connectivity index (χ1n) is 9.86. The summed E-state index contributed by atoms with van der Waals surface area (Å²) in [5.74, 6) is -6.93. The zero-order chi connectivity index (χ0) is 24.6. The lowest BCUT2D eigenvalue weighted by molar-refractivity contribution is -0.150. The first-order valence-corrected chi connectivity index (χ1v) is 9.86. The molecule has 8 N–H and O–H groups in total. The number of likely N-dealkylation sites (tertiary alicyclic amines) is 1. The summed E-state index contributed by atoms with van der Waals surface area (Å²) in [4.78, 5) is 72.0. The number of nitrogens with zero attached hydrogens (tertiary/aromatic N) is 1. The second kappa shape index (κ2) is 12.0. The zero-order valence-corrected chi connectivity index (χ0v) is 17.4. The van der Waals surface area contributed by atoms with Crippen LogP contribution in [0.3, 0.4) is 0 Å². The van der Waals surface area contributed by atoms with Crippen LogP contribution in [0.5, 0.6) is 0 Å². The smallest absolute Gasteiger partial charge is 0.326 e. The van der Waals surface area contributed by atoms with Crippen LogP contribution in [-0.4, -0.2) is 97.8 Å². The molecule has 1 aliphatic rings. The summed E-state index contributed by atoms with van der Waals surface area (Å²) in [5, 5.41) is 41.0. The number of amides is 3. The Morgan fingerprint density at radius 1 is 1.00 bits per heavy atom. The van der Waals surface area contributed by atoms with Crippen molar-refractivity contribution in [3.8, 4) is 0 Å². The summed E-state index contributed by atoms with van der Waals surface area (Å²) in [6, 6.07) is -5.73. The van der Waals surface area contributed by atoms with Crippen molar-refractivity contribution in [1.82, 2.24) is 15.5 Å². The lowest BCUT2D eigenvalue weighted by Gasteiger charge is -2.28. The number of carboxylic acid groups (broad SMARTS) is 3. The number of aliphatic carboxylic acids is 3. The molecular weight excluding hydrogens is 432 g/mol. The molecule has 0 radical (unpaired) electrons. The molecule has 5 unspecified atom stereocenters. The van der Waals surface area contributed by atoms with Crippen molar-refractivity contribution in [2.45, 2.75) is 69.3 Å². The SMILES string of the molecule is CC(O)C(N)C(=O)NC(CCC(=O)O)C(=O)NC(CC(=O)O)C(=O)N1CCCC1C(=O)O. The number of hydrogen-bond donors (Lipinski definition) is 7. The van der Waals surface area contributed by atoms with E-state index >= 15 is 0 Å². The molecule has 14 heteroatoms. The van der Waals surface area contributed by atoms with Crippen molar-refractivity contribution < 1.29 is 49.2 Å². The molecule has 1 rings (SSSR count). The summed E-state index contributed by atoms with van der Waals surface area (Å²) < 4.78 is 0. The van der Waals surface area contributed by atoms with Crippen molar-refractivity contribution in [3.63, 3.8) is 0 Å². The van der Waals surface area contributed by atoms with Gasteiger partial charge >= 0.3 is 17.9 Å². The Hall–Kier alpha value is -3.26. The van der Waals surface area contributed by atoms with Crippen LogP contribution in [0, 0.1) is 0 Å². The van der Waals surface area contributed by atoms with Crippen LogP contribution in [0.2, 0.25) is 0 Å². The average molecular weight is 460 g/mol. The van der Waals surface area contributed by atoms with E-state index in [1.165, 1.54) is 6.92 Å². The zero-order valence-electron chi connectivity index (χ0n) is 17.4. The van der Waals surface area contributed by atoms with E-state index in [0.29, 0.717) is 6.42 Å². The monoisotopic (exact) mass is 460 g/mol. The minimum Gasteiger partial charge on any atom is -0.481 e. The van der Waals surface area contributed by atoms with Crippen LogP contribution in [0.4, 0.5) is 0 Å². The summed E-state index contributed by atoms with van der Waals surface area (Å²) in [6.45, 7) is 1.29. The predicted molar refractivity (Wildman–Crippen MR) is 105 cm³/mol. The van der Waals surface area contributed by atoms with E-state index in [1.807, 2.05) is 0 Å². The van der Waals surface area contributed by atoms with Gasteiger partial charge in [0.15, 0.2) is 0 Å². The summed E-state index contributed by atoms with van der Waals surface area (Å²) in [5.41, 5.74) is 5.50. The van der Waals surface area contributed by atoms with Crippen LogP contribution < -0.4 is 16.4 Å². The van der Waals surface area contributed by atoms with Gasteiger partial charge in [-0.3, -0.25) is 24.0 Å². The number of carbonyl (C=O) groups excluding carboxylic acids is 3. The third kappa shape index (κ3) is 7.77. The highest BCUT2D eigenvalue weighted by Crippen LogP contribution is 2.19. The number of nitrogens with one attached hydrogen (secondary N) is 2. The van der Waals surface area contributed by atoms with Crippen LogP contribution in [0.1, 0.15) is 39.0 Å². The minimum absolute atomic E-state index is 0.0597. The van der Waals surface area contributed by atoms with Gasteiger partial charge in [-0.25, -0.2) is 4.79 Å². The van der Waals surface area contributed by atoms with Crippen LogP contribution in [0.25, 0.3) is 0 Å². The Labute approximate surface area is 182 Å². The Morgan fingerprint density at radius 2 is 1.59 bits per heavy atom. The fourth-order valence-electron chi connectivity index (χ4n) is 3.16. The van der Waals surface area contributed by atoms with Crippen molar-refractivity contribution in [2.24, 2.45) is 5.73 Å². The van der Waals surface area contributed by atoms with Gasteiger partial charge in [-0.2, -0.15) is 0 Å². The Bertz CT molecular complexity index is 756. The molecule has 0 aromatic heterocycles. The predicted octanol–water partition coefficient (Wildman–Crippen LogP) is -2.92. The van der Waals surface area contributed by atoms with E-state index in [-0.39, 0.29) is 13.0 Å². The highest BCUT2D eigenvalue weighted by Gasteiger charge is 2.39. The second-order valence-electron chi connectivity index (χ2n) is 7.45. The van der Waals surface area contributed by atoms with Crippen molar-refractivity contribution in [3.05, 3.63) is 0 Å². The number of carboxylic acids is 3. The van der Waals surface area contributed by atoms with Crippen LogP contribution in [-0.2, 0) is 28.8 Å². The fraction of sp³-hybridized carbons (Fsp3) is 0.667. The topological polar surface area (TPSA) is 237 Å². The van der Waals surface area contributed by atoms with Crippen molar-refractivity contribution in [2.75, 3.05) is 6.54 Å². The van der Waals surface area contributed by atoms with E-state index in [9.17, 15) is 39.0 Å². The van der Waals surface area contributed by atoms with Crippen LogP contribution in [0.15, 0.2) is 0 Å². The molecule has 0 aromatic carbocycles. The van der Waals surface area contributed by atoms with Crippen molar-refractivity contribution in [1.29, 1.82) is 0 Å². The molecule has 14 nitrogen and oxygen atoms in total. The molecule has 1 saturated heterocycles. The van der Waals surface area contributed by atoms with Crippen LogP contribution >= 0.6 is 0 Å². The number of nitrogens with two attached hydrogens (primary N) is 1. The van der Waals surface area contributed by atoms with Gasteiger partial charge in [0, 0.05) is 13.0 Å². The molecule has 180 valence electrons. The van der Waals surface area contributed by atoms with E-state index in [1.54, 1.807) is 0 Å². The van der Waals surface area contributed by atoms with Gasteiger partial charge in [0.2, 0.25) is 17.7 Å². The standard InChI is InChI=1S/C18H28N4O10/c1-8(23)14(19)16(29)20-9(4-5-12(24)25)15(28)21-10(7-13(26)27)17(30)22-6-2-3-11(22)18(31)32/h8-11,14,23H,2-7,19H2,1H3,(H,20,29)(H,21,28)(H,24,25)(H,26,27)(H,31,32). The third-order valence-electron chi connectivity index (χ3n) is 4.92. The maximum absolute atomic E-state index is 12.8.